The van der Waals surface area contributed by atoms with Crippen molar-refractivity contribution in [3.8, 4) is 0 Å². The van der Waals surface area contributed by atoms with E-state index in [9.17, 15) is 9.59 Å². The minimum absolute atomic E-state index is 0.0971. The summed E-state index contributed by atoms with van der Waals surface area (Å²) < 4.78 is 0. The number of rotatable bonds is 3. The minimum Gasteiger partial charge on any atom is -0.365 e. The van der Waals surface area contributed by atoms with Crippen LogP contribution in [0.4, 0.5) is 0 Å². The molecule has 2 heterocycles. The number of nitrogens with zero attached hydrogens (tertiary/aromatic N) is 1. The van der Waals surface area contributed by atoms with Gasteiger partial charge in [-0.25, -0.2) is 4.79 Å². The maximum absolute atomic E-state index is 11.9. The lowest BCUT2D eigenvalue weighted by molar-refractivity contribution is 0.0961. The van der Waals surface area contributed by atoms with Crippen LogP contribution in [0.3, 0.4) is 0 Å². The van der Waals surface area contributed by atoms with E-state index in [1.165, 1.54) is 11.3 Å². The maximum Gasteiger partial charge on any atom is 0.191 e. The molecule has 1 aliphatic rings. The summed E-state index contributed by atoms with van der Waals surface area (Å²) in [4.78, 5) is 26.3. The molecule has 4 N–H and O–H groups in total. The number of hydrogen-bond donors (Lipinski definition) is 2. The SMILES string of the molecule is Cc1ccc(C(=O)CN2C=CCC(=C=O)C2)s1.NN. The van der Waals surface area contributed by atoms with Crippen LogP contribution in [0.2, 0.25) is 0 Å². The first-order chi connectivity index (χ1) is 9.19. The summed E-state index contributed by atoms with van der Waals surface area (Å²) in [5.41, 5.74) is 0.697. The molecule has 0 fully saturated rings. The number of allylic oxidation sites excluding steroid dienone is 1. The molecule has 0 amide bonds. The zero-order valence-corrected chi connectivity index (χ0v) is 11.6. The van der Waals surface area contributed by atoms with Gasteiger partial charge in [-0.15, -0.1) is 11.3 Å². The van der Waals surface area contributed by atoms with Gasteiger partial charge in [0.05, 0.1) is 11.4 Å². The molecular weight excluding hydrogens is 262 g/mol. The third-order valence-corrected chi connectivity index (χ3v) is 3.62. The van der Waals surface area contributed by atoms with E-state index in [0.29, 0.717) is 25.1 Å². The summed E-state index contributed by atoms with van der Waals surface area (Å²) >= 11 is 1.51. The second kappa shape index (κ2) is 7.66. The van der Waals surface area contributed by atoms with Crippen molar-refractivity contribution in [2.24, 2.45) is 11.7 Å². The summed E-state index contributed by atoms with van der Waals surface area (Å²) in [6, 6.07) is 3.80. The van der Waals surface area contributed by atoms with Gasteiger partial charge < -0.3 is 4.90 Å². The molecule has 5 nitrogen and oxygen atoms in total. The van der Waals surface area contributed by atoms with Gasteiger partial charge in [-0.2, -0.15) is 0 Å². The predicted molar refractivity (Wildman–Crippen MR) is 76.3 cm³/mol. The zero-order chi connectivity index (χ0) is 14.3. The summed E-state index contributed by atoms with van der Waals surface area (Å²) in [7, 11) is 0. The van der Waals surface area contributed by atoms with Crippen LogP contribution in [0.5, 0.6) is 0 Å². The van der Waals surface area contributed by atoms with Gasteiger partial charge in [0.1, 0.15) is 5.94 Å². The number of aryl methyl sites for hydroxylation is 1. The van der Waals surface area contributed by atoms with E-state index >= 15 is 0 Å². The molecule has 1 aromatic rings. The fourth-order valence-electron chi connectivity index (χ4n) is 1.74. The highest BCUT2D eigenvalue weighted by molar-refractivity contribution is 7.14. The van der Waals surface area contributed by atoms with Crippen molar-refractivity contribution >= 4 is 23.1 Å². The fraction of sp³-hybridized carbons (Fsp3) is 0.308. The molecule has 0 saturated heterocycles. The first kappa shape index (κ1) is 15.3. The molecule has 0 radical (unpaired) electrons. The largest absolute Gasteiger partial charge is 0.365 e. The van der Waals surface area contributed by atoms with Crippen molar-refractivity contribution in [2.75, 3.05) is 13.1 Å². The summed E-state index contributed by atoms with van der Waals surface area (Å²) in [5, 5.41) is 0. The van der Waals surface area contributed by atoms with Crippen molar-refractivity contribution in [1.29, 1.82) is 0 Å². The number of Topliss-reactive ketones (excluding diaryl/α,β-unsaturated/α-hetero) is 1. The molecule has 0 saturated carbocycles. The number of carbonyl (C=O) groups excluding carboxylic acids is 2. The average molecular weight is 279 g/mol. The van der Waals surface area contributed by atoms with Crippen molar-refractivity contribution in [1.82, 2.24) is 4.90 Å². The molecule has 1 aromatic heterocycles. The summed E-state index contributed by atoms with van der Waals surface area (Å²) in [6.07, 6.45) is 4.40. The number of carbonyl (C=O) groups is 1. The van der Waals surface area contributed by atoms with Gasteiger partial charge in [-0.1, -0.05) is 6.08 Å². The van der Waals surface area contributed by atoms with E-state index in [1.807, 2.05) is 42.2 Å². The molecule has 0 atom stereocenters. The van der Waals surface area contributed by atoms with E-state index in [0.717, 1.165) is 9.75 Å². The quantitative estimate of drug-likeness (QED) is 0.373. The summed E-state index contributed by atoms with van der Waals surface area (Å²) in [5.74, 6) is 10.0. The van der Waals surface area contributed by atoms with Crippen LogP contribution in [0.25, 0.3) is 0 Å². The van der Waals surface area contributed by atoms with Gasteiger partial charge in [-0.05, 0) is 25.3 Å². The highest BCUT2D eigenvalue weighted by Gasteiger charge is 2.15. The van der Waals surface area contributed by atoms with Gasteiger partial charge >= 0.3 is 0 Å². The van der Waals surface area contributed by atoms with Crippen molar-refractivity contribution in [3.63, 3.8) is 0 Å². The van der Waals surface area contributed by atoms with Gasteiger partial charge in [0.2, 0.25) is 0 Å². The Hall–Kier alpha value is -1.72. The third-order valence-electron chi connectivity index (χ3n) is 2.58. The molecule has 2 rings (SSSR count). The Morgan fingerprint density at radius 3 is 2.79 bits per heavy atom. The van der Waals surface area contributed by atoms with Gasteiger partial charge in [0.15, 0.2) is 5.78 Å². The maximum atomic E-state index is 11.9. The topological polar surface area (TPSA) is 89.4 Å². The normalized spacial score (nSPS) is 13.6. The molecule has 102 valence electrons. The standard InChI is InChI=1S/C13H13NO2S.H4N2/c1-10-4-5-13(17-10)12(16)8-14-6-2-3-11(7-14)9-15;1-2/h2,4-6H,3,7-8H2,1H3;1-2H2. The Kier molecular flexibility index (Phi) is 6.18. The summed E-state index contributed by atoms with van der Waals surface area (Å²) in [6.45, 7) is 2.81. The predicted octanol–water partition coefficient (Wildman–Crippen LogP) is 1.04. The number of hydrogen-bond acceptors (Lipinski definition) is 6. The van der Waals surface area contributed by atoms with Crippen LogP contribution >= 0.6 is 11.3 Å². The molecule has 6 heteroatoms. The van der Waals surface area contributed by atoms with E-state index in [2.05, 4.69) is 11.7 Å². The second-order valence-electron chi connectivity index (χ2n) is 4.03. The van der Waals surface area contributed by atoms with Crippen LogP contribution in [-0.2, 0) is 4.79 Å². The molecule has 1 aliphatic heterocycles. The Labute approximate surface area is 116 Å². The highest BCUT2D eigenvalue weighted by Crippen LogP contribution is 2.17. The lowest BCUT2D eigenvalue weighted by Gasteiger charge is -2.22. The van der Waals surface area contributed by atoms with Gasteiger partial charge in [0, 0.05) is 23.4 Å². The van der Waals surface area contributed by atoms with Crippen molar-refractivity contribution < 1.29 is 9.59 Å². The van der Waals surface area contributed by atoms with E-state index in [4.69, 9.17) is 0 Å². The minimum atomic E-state index is 0.0971. The Balaban J connectivity index is 0.000000861. The Morgan fingerprint density at radius 2 is 2.21 bits per heavy atom. The number of ketones is 1. The van der Waals surface area contributed by atoms with E-state index in [-0.39, 0.29) is 5.78 Å². The molecule has 0 spiro atoms. The van der Waals surface area contributed by atoms with Crippen molar-refractivity contribution in [2.45, 2.75) is 13.3 Å². The Bertz CT molecular complexity index is 516. The number of hydrazine groups is 1. The van der Waals surface area contributed by atoms with E-state index in [1.54, 1.807) is 0 Å². The first-order valence-corrected chi connectivity index (χ1v) is 6.57. The smallest absolute Gasteiger partial charge is 0.191 e. The highest BCUT2D eigenvalue weighted by atomic mass is 32.1. The molecule has 19 heavy (non-hydrogen) atoms. The third kappa shape index (κ3) is 4.46. The number of nitrogens with two attached hydrogens (primary N) is 2. The molecule has 0 aromatic carbocycles. The molecule has 0 unspecified atom stereocenters. The van der Waals surface area contributed by atoms with Crippen LogP contribution < -0.4 is 11.7 Å². The lowest BCUT2D eigenvalue weighted by Crippen LogP contribution is -2.28. The molecule has 0 aliphatic carbocycles. The second-order valence-corrected chi connectivity index (χ2v) is 5.32. The van der Waals surface area contributed by atoms with Crippen LogP contribution in [0, 0.1) is 6.92 Å². The van der Waals surface area contributed by atoms with Gasteiger partial charge in [0.25, 0.3) is 0 Å². The molecular formula is C13H17N3O2S. The number of thiophene rings is 1. The Morgan fingerprint density at radius 1 is 1.47 bits per heavy atom. The van der Waals surface area contributed by atoms with Crippen molar-refractivity contribution in [3.05, 3.63) is 39.7 Å². The molecule has 0 bridgehead atoms. The van der Waals surface area contributed by atoms with Gasteiger partial charge in [-0.3, -0.25) is 16.5 Å². The van der Waals surface area contributed by atoms with Crippen LogP contribution in [0.1, 0.15) is 21.0 Å². The monoisotopic (exact) mass is 279 g/mol. The van der Waals surface area contributed by atoms with Crippen LogP contribution in [-0.4, -0.2) is 29.7 Å². The fourth-order valence-corrected chi connectivity index (χ4v) is 2.53. The first-order valence-electron chi connectivity index (χ1n) is 5.75. The lowest BCUT2D eigenvalue weighted by atomic mass is 10.1. The van der Waals surface area contributed by atoms with Crippen LogP contribution in [0.15, 0.2) is 30.0 Å². The average Bonchev–Trinajstić information content (AvgIpc) is 2.88. The zero-order valence-electron chi connectivity index (χ0n) is 10.8. The van der Waals surface area contributed by atoms with E-state index < -0.39 is 0 Å².